The summed E-state index contributed by atoms with van der Waals surface area (Å²) in [4.78, 5) is 22.0. The molecule has 254 valence electrons. The van der Waals surface area contributed by atoms with E-state index in [1.165, 1.54) is 100 Å². The lowest BCUT2D eigenvalue weighted by Crippen LogP contribution is -2.01. The molecule has 0 atom stereocenters. The maximum atomic E-state index is 11.0. The second kappa shape index (κ2) is 26.7. The van der Waals surface area contributed by atoms with Gasteiger partial charge < -0.3 is 18.9 Å². The van der Waals surface area contributed by atoms with E-state index in [-0.39, 0.29) is 11.9 Å². The van der Waals surface area contributed by atoms with Crippen LogP contribution in [-0.4, -0.2) is 38.4 Å². The van der Waals surface area contributed by atoms with Crippen LogP contribution in [0.15, 0.2) is 73.8 Å². The summed E-state index contributed by atoms with van der Waals surface area (Å²) in [5.74, 6) is 1.19. The van der Waals surface area contributed by atoms with Crippen molar-refractivity contribution in [1.29, 1.82) is 0 Å². The van der Waals surface area contributed by atoms with Crippen LogP contribution >= 0.6 is 0 Å². The Labute approximate surface area is 278 Å². The normalized spacial score (nSPS) is 10.7. The molecule has 6 heteroatoms. The summed E-state index contributed by atoms with van der Waals surface area (Å²) in [6, 6.07) is 16.7. The molecule has 0 spiro atoms. The predicted molar refractivity (Wildman–Crippen MR) is 188 cm³/mol. The van der Waals surface area contributed by atoms with Crippen molar-refractivity contribution in [3.05, 3.63) is 73.8 Å². The SMILES string of the molecule is C=CC(=O)OCCCCCCCCCCCOc1ccc(-c2ccc(OCCCCCCCCCCCOC(=O)C=C)cc2)cc1. The maximum absolute atomic E-state index is 11.0. The zero-order valence-corrected chi connectivity index (χ0v) is 28.2. The van der Waals surface area contributed by atoms with Gasteiger partial charge >= 0.3 is 11.9 Å². The van der Waals surface area contributed by atoms with Gasteiger partial charge in [0.1, 0.15) is 11.5 Å². The zero-order chi connectivity index (χ0) is 32.9. The average molecular weight is 635 g/mol. The van der Waals surface area contributed by atoms with Gasteiger partial charge in [-0.15, -0.1) is 0 Å². The molecule has 0 heterocycles. The molecule has 2 aromatic rings. The Morgan fingerprint density at radius 2 is 0.674 bits per heavy atom. The molecule has 0 aliphatic heterocycles. The molecule has 0 aliphatic rings. The van der Waals surface area contributed by atoms with Crippen molar-refractivity contribution in [3.8, 4) is 22.6 Å². The molecule has 0 amide bonds. The highest BCUT2D eigenvalue weighted by Crippen LogP contribution is 2.25. The monoisotopic (exact) mass is 634 g/mol. The minimum Gasteiger partial charge on any atom is -0.494 e. The van der Waals surface area contributed by atoms with Gasteiger partial charge in [-0.2, -0.15) is 0 Å². The molecule has 0 radical (unpaired) electrons. The van der Waals surface area contributed by atoms with E-state index in [1.807, 2.05) is 0 Å². The van der Waals surface area contributed by atoms with Gasteiger partial charge in [0.15, 0.2) is 0 Å². The van der Waals surface area contributed by atoms with E-state index in [2.05, 4.69) is 61.7 Å². The van der Waals surface area contributed by atoms with Crippen LogP contribution in [0.25, 0.3) is 11.1 Å². The van der Waals surface area contributed by atoms with Crippen molar-refractivity contribution in [2.24, 2.45) is 0 Å². The lowest BCUT2D eigenvalue weighted by molar-refractivity contribution is -0.138. The molecule has 2 rings (SSSR count). The number of unbranched alkanes of at least 4 members (excludes halogenated alkanes) is 16. The first-order chi connectivity index (χ1) is 22.6. The van der Waals surface area contributed by atoms with Crippen LogP contribution < -0.4 is 9.47 Å². The van der Waals surface area contributed by atoms with Crippen LogP contribution in [0.3, 0.4) is 0 Å². The zero-order valence-electron chi connectivity index (χ0n) is 28.2. The van der Waals surface area contributed by atoms with Crippen molar-refractivity contribution in [3.63, 3.8) is 0 Å². The quantitative estimate of drug-likeness (QED) is 0.0504. The van der Waals surface area contributed by atoms with Crippen LogP contribution in [-0.2, 0) is 19.1 Å². The van der Waals surface area contributed by atoms with Crippen LogP contribution in [0.1, 0.15) is 116 Å². The fraction of sp³-hybridized carbons (Fsp3) is 0.550. The molecule has 0 saturated heterocycles. The Morgan fingerprint density at radius 1 is 0.413 bits per heavy atom. The molecule has 0 N–H and O–H groups in total. The summed E-state index contributed by atoms with van der Waals surface area (Å²) in [5.41, 5.74) is 2.35. The van der Waals surface area contributed by atoms with Gasteiger partial charge in [-0.25, -0.2) is 9.59 Å². The maximum Gasteiger partial charge on any atom is 0.330 e. The summed E-state index contributed by atoms with van der Waals surface area (Å²) < 4.78 is 21.9. The van der Waals surface area contributed by atoms with E-state index in [9.17, 15) is 9.59 Å². The van der Waals surface area contributed by atoms with Crippen LogP contribution in [0.4, 0.5) is 0 Å². The van der Waals surface area contributed by atoms with Gasteiger partial charge in [0.2, 0.25) is 0 Å². The van der Waals surface area contributed by atoms with Gasteiger partial charge in [0, 0.05) is 12.2 Å². The van der Waals surface area contributed by atoms with Crippen LogP contribution in [0, 0.1) is 0 Å². The highest BCUT2D eigenvalue weighted by molar-refractivity contribution is 5.81. The summed E-state index contributed by atoms with van der Waals surface area (Å²) >= 11 is 0. The average Bonchev–Trinajstić information content (AvgIpc) is 3.09. The summed E-state index contributed by atoms with van der Waals surface area (Å²) in [7, 11) is 0. The first-order valence-corrected chi connectivity index (χ1v) is 17.7. The van der Waals surface area contributed by atoms with E-state index in [1.54, 1.807) is 0 Å². The molecule has 0 saturated carbocycles. The van der Waals surface area contributed by atoms with Crippen molar-refractivity contribution in [2.75, 3.05) is 26.4 Å². The van der Waals surface area contributed by atoms with E-state index < -0.39 is 0 Å². The molecule has 46 heavy (non-hydrogen) atoms. The van der Waals surface area contributed by atoms with Crippen molar-refractivity contribution in [2.45, 2.75) is 116 Å². The van der Waals surface area contributed by atoms with Gasteiger partial charge in [-0.1, -0.05) is 127 Å². The summed E-state index contributed by atoms with van der Waals surface area (Å²) in [5, 5.41) is 0. The third-order valence-corrected chi connectivity index (χ3v) is 7.98. The van der Waals surface area contributed by atoms with Crippen molar-refractivity contribution >= 4 is 11.9 Å². The number of rotatable bonds is 29. The number of esters is 2. The lowest BCUT2D eigenvalue weighted by atomic mass is 10.1. The minimum absolute atomic E-state index is 0.328. The van der Waals surface area contributed by atoms with Gasteiger partial charge in [-0.05, 0) is 61.1 Å². The molecule has 0 aliphatic carbocycles. The largest absolute Gasteiger partial charge is 0.494 e. The fourth-order valence-electron chi connectivity index (χ4n) is 5.21. The van der Waals surface area contributed by atoms with E-state index in [4.69, 9.17) is 18.9 Å². The second-order valence-electron chi connectivity index (χ2n) is 11.9. The third kappa shape index (κ3) is 19.8. The minimum atomic E-state index is -0.328. The number of carbonyl (C=O) groups is 2. The Kier molecular flexibility index (Phi) is 22.4. The Hall–Kier alpha value is -3.54. The van der Waals surface area contributed by atoms with Crippen LogP contribution in [0.5, 0.6) is 11.5 Å². The molecule has 2 aromatic carbocycles. The van der Waals surface area contributed by atoms with Crippen molar-refractivity contribution < 1.29 is 28.5 Å². The van der Waals surface area contributed by atoms with Gasteiger partial charge in [0.05, 0.1) is 26.4 Å². The number of benzene rings is 2. The van der Waals surface area contributed by atoms with Crippen molar-refractivity contribution in [1.82, 2.24) is 0 Å². The number of hydrogen-bond donors (Lipinski definition) is 0. The number of hydrogen-bond acceptors (Lipinski definition) is 6. The van der Waals surface area contributed by atoms with Gasteiger partial charge in [0.25, 0.3) is 0 Å². The van der Waals surface area contributed by atoms with E-state index in [0.29, 0.717) is 13.2 Å². The van der Waals surface area contributed by atoms with E-state index in [0.717, 1.165) is 63.2 Å². The molecule has 0 fully saturated rings. The topological polar surface area (TPSA) is 71.1 Å². The van der Waals surface area contributed by atoms with Crippen LogP contribution in [0.2, 0.25) is 0 Å². The molecule has 0 aromatic heterocycles. The smallest absolute Gasteiger partial charge is 0.330 e. The Balaban J connectivity index is 1.43. The predicted octanol–water partition coefficient (Wildman–Crippen LogP) is 10.6. The number of ether oxygens (including phenoxy) is 4. The molecular weight excluding hydrogens is 576 g/mol. The first kappa shape index (κ1) is 38.6. The molecule has 0 unspecified atom stereocenters. The number of carbonyl (C=O) groups excluding carboxylic acids is 2. The molecular formula is C40H58O6. The van der Waals surface area contributed by atoms with Gasteiger partial charge in [-0.3, -0.25) is 0 Å². The highest BCUT2D eigenvalue weighted by atomic mass is 16.5. The summed E-state index contributed by atoms with van der Waals surface area (Å²) in [6.07, 6.45) is 23.6. The molecule has 6 nitrogen and oxygen atoms in total. The Morgan fingerprint density at radius 3 is 0.957 bits per heavy atom. The fourth-order valence-corrected chi connectivity index (χ4v) is 5.21. The third-order valence-electron chi connectivity index (χ3n) is 7.98. The highest BCUT2D eigenvalue weighted by Gasteiger charge is 2.02. The standard InChI is InChI=1S/C40H58O6/c1-3-39(41)45-33-21-17-13-9-5-7-11-15-19-31-43-37-27-23-35(24-28-37)36-25-29-38(30-26-36)44-32-20-16-12-8-6-10-14-18-22-34-46-40(42)4-2/h3-4,23-30H,1-2,5-22,31-34H2. The second-order valence-corrected chi connectivity index (χ2v) is 11.9. The summed E-state index contributed by atoms with van der Waals surface area (Å²) in [6.45, 7) is 9.31. The lowest BCUT2D eigenvalue weighted by Gasteiger charge is -2.09. The first-order valence-electron chi connectivity index (χ1n) is 17.7. The molecule has 0 bridgehead atoms. The Bertz CT molecular complexity index is 988. The van der Waals surface area contributed by atoms with E-state index >= 15 is 0 Å².